The van der Waals surface area contributed by atoms with E-state index in [0.717, 1.165) is 6.42 Å². The zero-order valence-corrected chi connectivity index (χ0v) is 7.72. The van der Waals surface area contributed by atoms with Gasteiger partial charge in [0, 0.05) is 18.6 Å². The summed E-state index contributed by atoms with van der Waals surface area (Å²) in [6.07, 6.45) is 8.12. The van der Waals surface area contributed by atoms with Gasteiger partial charge in [-0.05, 0) is 13.3 Å². The molecule has 1 rings (SSSR count). The van der Waals surface area contributed by atoms with E-state index in [4.69, 9.17) is 5.73 Å². The van der Waals surface area contributed by atoms with E-state index in [-0.39, 0.29) is 6.04 Å². The number of amidine groups is 1. The van der Waals surface area contributed by atoms with Crippen LogP contribution in [0, 0.1) is 0 Å². The van der Waals surface area contributed by atoms with E-state index in [1.807, 2.05) is 12.3 Å². The van der Waals surface area contributed by atoms with Gasteiger partial charge in [-0.2, -0.15) is 5.10 Å². The first-order valence-corrected chi connectivity index (χ1v) is 4.14. The molecule has 0 fully saturated rings. The van der Waals surface area contributed by atoms with Crippen molar-refractivity contribution in [2.45, 2.75) is 19.4 Å². The lowest BCUT2D eigenvalue weighted by Crippen LogP contribution is -2.30. The highest BCUT2D eigenvalue weighted by Crippen LogP contribution is 2.08. The molecular weight excluding hydrogens is 164 g/mol. The SMILES string of the molecule is C=CN(/N=C(\C)N)C1C=NC=CC1. The third kappa shape index (κ3) is 2.74. The Morgan fingerprint density at radius 3 is 3.08 bits per heavy atom. The van der Waals surface area contributed by atoms with Gasteiger partial charge in [0.1, 0.15) is 5.84 Å². The van der Waals surface area contributed by atoms with Crippen LogP contribution in [0.25, 0.3) is 0 Å². The number of nitrogens with two attached hydrogens (primary N) is 1. The van der Waals surface area contributed by atoms with E-state index in [2.05, 4.69) is 16.7 Å². The molecule has 0 radical (unpaired) electrons. The summed E-state index contributed by atoms with van der Waals surface area (Å²) in [5, 5.41) is 5.81. The number of hydrazone groups is 1. The molecule has 1 aliphatic rings. The summed E-state index contributed by atoms with van der Waals surface area (Å²) < 4.78 is 0. The number of nitrogens with zero attached hydrogens (tertiary/aromatic N) is 3. The van der Waals surface area contributed by atoms with E-state index in [9.17, 15) is 0 Å². The molecule has 1 heterocycles. The molecule has 0 amide bonds. The second-order valence-corrected chi connectivity index (χ2v) is 2.79. The predicted molar refractivity (Wildman–Crippen MR) is 55.4 cm³/mol. The van der Waals surface area contributed by atoms with Gasteiger partial charge >= 0.3 is 0 Å². The fourth-order valence-corrected chi connectivity index (χ4v) is 1.08. The van der Waals surface area contributed by atoms with Crippen molar-refractivity contribution in [1.29, 1.82) is 0 Å². The maximum atomic E-state index is 5.47. The lowest BCUT2D eigenvalue weighted by atomic mass is 10.2. The van der Waals surface area contributed by atoms with E-state index in [1.54, 1.807) is 24.3 Å². The van der Waals surface area contributed by atoms with Crippen molar-refractivity contribution in [1.82, 2.24) is 5.01 Å². The Kier molecular flexibility index (Phi) is 3.25. The Morgan fingerprint density at radius 2 is 2.62 bits per heavy atom. The second-order valence-electron chi connectivity index (χ2n) is 2.79. The highest BCUT2D eigenvalue weighted by molar-refractivity contribution is 5.77. The van der Waals surface area contributed by atoms with Crippen molar-refractivity contribution in [3.63, 3.8) is 0 Å². The van der Waals surface area contributed by atoms with Crippen molar-refractivity contribution in [2.75, 3.05) is 0 Å². The molecular formula is C9H14N4. The summed E-state index contributed by atoms with van der Waals surface area (Å²) in [4.78, 5) is 4.03. The molecule has 1 unspecified atom stereocenters. The molecule has 4 nitrogen and oxygen atoms in total. The lowest BCUT2D eigenvalue weighted by molar-refractivity contribution is 0.358. The van der Waals surface area contributed by atoms with Crippen LogP contribution < -0.4 is 5.73 Å². The van der Waals surface area contributed by atoms with Crippen LogP contribution in [0.15, 0.2) is 35.1 Å². The van der Waals surface area contributed by atoms with Crippen LogP contribution in [0.5, 0.6) is 0 Å². The van der Waals surface area contributed by atoms with Gasteiger partial charge in [0.15, 0.2) is 0 Å². The quantitative estimate of drug-likeness (QED) is 0.399. The van der Waals surface area contributed by atoms with Crippen LogP contribution in [-0.2, 0) is 0 Å². The van der Waals surface area contributed by atoms with E-state index in [1.165, 1.54) is 0 Å². The monoisotopic (exact) mass is 178 g/mol. The zero-order valence-electron chi connectivity index (χ0n) is 7.72. The molecule has 0 aliphatic carbocycles. The Hall–Kier alpha value is -1.58. The van der Waals surface area contributed by atoms with Gasteiger partial charge in [-0.1, -0.05) is 12.7 Å². The number of hydrogen-bond acceptors (Lipinski definition) is 3. The first kappa shape index (κ1) is 9.51. The Bertz CT molecular complexity index is 261. The van der Waals surface area contributed by atoms with Gasteiger partial charge < -0.3 is 5.73 Å². The van der Waals surface area contributed by atoms with E-state index in [0.29, 0.717) is 5.84 Å². The first-order valence-electron chi connectivity index (χ1n) is 4.14. The Labute approximate surface area is 78.1 Å². The van der Waals surface area contributed by atoms with Crippen LogP contribution >= 0.6 is 0 Å². The summed E-state index contributed by atoms with van der Waals surface area (Å²) in [6, 6.07) is 0.140. The summed E-state index contributed by atoms with van der Waals surface area (Å²) in [5.74, 6) is 0.517. The van der Waals surface area contributed by atoms with Gasteiger partial charge in [0.05, 0.1) is 6.04 Å². The molecule has 0 bridgehead atoms. The molecule has 0 saturated heterocycles. The minimum absolute atomic E-state index is 0.140. The minimum Gasteiger partial charge on any atom is -0.386 e. The smallest absolute Gasteiger partial charge is 0.117 e. The molecule has 0 aromatic carbocycles. The fourth-order valence-electron chi connectivity index (χ4n) is 1.08. The summed E-state index contributed by atoms with van der Waals surface area (Å²) in [6.45, 7) is 5.41. The molecule has 2 N–H and O–H groups in total. The molecule has 70 valence electrons. The molecule has 1 atom stereocenters. The fraction of sp³-hybridized carbons (Fsp3) is 0.333. The van der Waals surface area contributed by atoms with Crippen molar-refractivity contribution < 1.29 is 0 Å². The average molecular weight is 178 g/mol. The molecule has 13 heavy (non-hydrogen) atoms. The van der Waals surface area contributed by atoms with Crippen molar-refractivity contribution in [3.8, 4) is 0 Å². The molecule has 4 heteroatoms. The lowest BCUT2D eigenvalue weighted by Gasteiger charge is -2.22. The average Bonchev–Trinajstić information content (AvgIpc) is 2.15. The molecule has 0 saturated carbocycles. The highest BCUT2D eigenvalue weighted by Gasteiger charge is 2.11. The van der Waals surface area contributed by atoms with Crippen molar-refractivity contribution in [3.05, 3.63) is 25.1 Å². The van der Waals surface area contributed by atoms with Crippen LogP contribution in [0.3, 0.4) is 0 Å². The molecule has 1 aliphatic heterocycles. The van der Waals surface area contributed by atoms with Crippen LogP contribution in [0.1, 0.15) is 13.3 Å². The predicted octanol–water partition coefficient (Wildman–Crippen LogP) is 1.08. The van der Waals surface area contributed by atoms with Gasteiger partial charge in [-0.25, -0.2) is 0 Å². The summed E-state index contributed by atoms with van der Waals surface area (Å²) in [7, 11) is 0. The third-order valence-electron chi connectivity index (χ3n) is 1.63. The standard InChI is InChI=1S/C9H14N4/c1-3-13(12-8(2)10)9-5-4-6-11-7-9/h3-4,6-7,9H,1,5H2,2H3,(H2,10,12). The normalized spacial score (nSPS) is 21.6. The molecule has 0 spiro atoms. The van der Waals surface area contributed by atoms with Crippen LogP contribution in [0.2, 0.25) is 0 Å². The maximum absolute atomic E-state index is 5.47. The number of aliphatic imine (C=N–C) groups is 1. The molecule has 0 aromatic rings. The van der Waals surface area contributed by atoms with Crippen molar-refractivity contribution in [2.24, 2.45) is 15.8 Å². The Balaban J connectivity index is 2.67. The first-order chi connectivity index (χ1) is 6.24. The van der Waals surface area contributed by atoms with Gasteiger partial charge in [-0.3, -0.25) is 10.0 Å². The van der Waals surface area contributed by atoms with Gasteiger partial charge in [-0.15, -0.1) is 0 Å². The number of rotatable bonds is 3. The molecule has 0 aromatic heterocycles. The topological polar surface area (TPSA) is 54.0 Å². The Morgan fingerprint density at radius 1 is 1.85 bits per heavy atom. The van der Waals surface area contributed by atoms with E-state index >= 15 is 0 Å². The minimum atomic E-state index is 0.140. The maximum Gasteiger partial charge on any atom is 0.117 e. The van der Waals surface area contributed by atoms with Crippen LogP contribution in [-0.4, -0.2) is 23.1 Å². The van der Waals surface area contributed by atoms with Crippen molar-refractivity contribution >= 4 is 12.1 Å². The number of hydrogen-bond donors (Lipinski definition) is 1. The van der Waals surface area contributed by atoms with E-state index < -0.39 is 0 Å². The van der Waals surface area contributed by atoms with Gasteiger partial charge in [0.2, 0.25) is 0 Å². The third-order valence-corrected chi connectivity index (χ3v) is 1.63. The van der Waals surface area contributed by atoms with Gasteiger partial charge in [0.25, 0.3) is 0 Å². The highest BCUT2D eigenvalue weighted by atomic mass is 15.5. The van der Waals surface area contributed by atoms with Crippen LogP contribution in [0.4, 0.5) is 0 Å². The second kappa shape index (κ2) is 4.45. The largest absolute Gasteiger partial charge is 0.386 e. The summed E-state index contributed by atoms with van der Waals surface area (Å²) >= 11 is 0. The zero-order chi connectivity index (χ0) is 9.68. The summed E-state index contributed by atoms with van der Waals surface area (Å²) in [5.41, 5.74) is 5.47.